The molecule has 2 rings (SSSR count). The van der Waals surface area contributed by atoms with Crippen LogP contribution in [0.15, 0.2) is 30.6 Å². The van der Waals surface area contributed by atoms with Gasteiger partial charge in [0.1, 0.15) is 5.75 Å². The van der Waals surface area contributed by atoms with Crippen LogP contribution in [0.5, 0.6) is 5.75 Å². The zero-order chi connectivity index (χ0) is 13.7. The topological polar surface area (TPSA) is 76.0 Å². The molecule has 5 heteroatoms. The highest BCUT2D eigenvalue weighted by Crippen LogP contribution is 2.26. The maximum absolute atomic E-state index is 5.89. The largest absolute Gasteiger partial charge is 0.493 e. The molecule has 0 radical (unpaired) electrons. The van der Waals surface area contributed by atoms with Gasteiger partial charge >= 0.3 is 0 Å². The van der Waals surface area contributed by atoms with E-state index < -0.39 is 0 Å². The Morgan fingerprint density at radius 3 is 2.95 bits per heavy atom. The molecule has 1 aromatic carbocycles. The lowest BCUT2D eigenvalue weighted by Gasteiger charge is -2.15. The third kappa shape index (κ3) is 3.64. The SMILES string of the molecule is CCCOc1cc(N)cc(NC(C)c2cn[nH]c2)c1. The van der Waals surface area contributed by atoms with Crippen molar-refractivity contribution >= 4 is 11.4 Å². The van der Waals surface area contributed by atoms with E-state index in [9.17, 15) is 0 Å². The third-order valence-corrected chi connectivity index (χ3v) is 2.80. The fraction of sp³-hybridized carbons (Fsp3) is 0.357. The number of ether oxygens (including phenoxy) is 1. The minimum Gasteiger partial charge on any atom is -0.493 e. The summed E-state index contributed by atoms with van der Waals surface area (Å²) in [6, 6.07) is 5.85. The van der Waals surface area contributed by atoms with Crippen LogP contribution >= 0.6 is 0 Å². The Hall–Kier alpha value is -2.17. The van der Waals surface area contributed by atoms with Crippen molar-refractivity contribution in [2.45, 2.75) is 26.3 Å². The summed E-state index contributed by atoms with van der Waals surface area (Å²) in [7, 11) is 0. The number of aromatic nitrogens is 2. The van der Waals surface area contributed by atoms with Crippen LogP contribution in [-0.4, -0.2) is 16.8 Å². The van der Waals surface area contributed by atoms with Gasteiger partial charge in [0.25, 0.3) is 0 Å². The molecule has 1 aromatic heterocycles. The molecule has 1 atom stereocenters. The number of hydrogen-bond donors (Lipinski definition) is 3. The minimum absolute atomic E-state index is 0.152. The van der Waals surface area contributed by atoms with Crippen molar-refractivity contribution in [3.8, 4) is 5.75 Å². The first kappa shape index (κ1) is 13.3. The molecule has 4 N–H and O–H groups in total. The van der Waals surface area contributed by atoms with Crippen LogP contribution < -0.4 is 15.8 Å². The molecule has 102 valence electrons. The molecular formula is C14H20N4O. The maximum Gasteiger partial charge on any atom is 0.123 e. The van der Waals surface area contributed by atoms with E-state index in [1.165, 1.54) is 0 Å². The Morgan fingerprint density at radius 2 is 2.26 bits per heavy atom. The van der Waals surface area contributed by atoms with Crippen LogP contribution in [0.4, 0.5) is 11.4 Å². The lowest BCUT2D eigenvalue weighted by molar-refractivity contribution is 0.318. The zero-order valence-electron chi connectivity index (χ0n) is 11.3. The van der Waals surface area contributed by atoms with Gasteiger partial charge in [0.15, 0.2) is 0 Å². The average Bonchev–Trinajstić information content (AvgIpc) is 2.89. The standard InChI is InChI=1S/C14H20N4O/c1-3-4-19-14-6-12(15)5-13(7-14)18-10(2)11-8-16-17-9-11/h5-10,18H,3-4,15H2,1-2H3,(H,16,17). The number of nitrogens with one attached hydrogen (secondary N) is 2. The summed E-state index contributed by atoms with van der Waals surface area (Å²) in [5, 5.41) is 10.1. The van der Waals surface area contributed by atoms with Crippen LogP contribution in [0.1, 0.15) is 31.9 Å². The molecule has 1 heterocycles. The molecule has 2 aromatic rings. The molecule has 0 amide bonds. The molecule has 5 nitrogen and oxygen atoms in total. The maximum atomic E-state index is 5.89. The number of benzene rings is 1. The quantitative estimate of drug-likeness (QED) is 0.698. The van der Waals surface area contributed by atoms with Crippen molar-refractivity contribution in [1.29, 1.82) is 0 Å². The highest BCUT2D eigenvalue weighted by molar-refractivity contribution is 5.59. The van der Waals surface area contributed by atoms with E-state index in [0.717, 1.165) is 23.4 Å². The Bertz CT molecular complexity index is 510. The fourth-order valence-corrected chi connectivity index (χ4v) is 1.84. The second kappa shape index (κ2) is 6.13. The van der Waals surface area contributed by atoms with Crippen molar-refractivity contribution in [3.05, 3.63) is 36.2 Å². The summed E-state index contributed by atoms with van der Waals surface area (Å²) in [6.45, 7) is 4.84. The number of nitrogens with two attached hydrogens (primary N) is 1. The summed E-state index contributed by atoms with van der Waals surface area (Å²) >= 11 is 0. The highest BCUT2D eigenvalue weighted by Gasteiger charge is 2.07. The van der Waals surface area contributed by atoms with Gasteiger partial charge in [-0.3, -0.25) is 5.10 Å². The summed E-state index contributed by atoms with van der Waals surface area (Å²) in [5.74, 6) is 0.795. The number of rotatable bonds is 6. The number of hydrogen-bond acceptors (Lipinski definition) is 4. The van der Waals surface area contributed by atoms with E-state index in [4.69, 9.17) is 10.5 Å². The van der Waals surface area contributed by atoms with Gasteiger partial charge in [-0.15, -0.1) is 0 Å². The molecule has 0 aliphatic rings. The Morgan fingerprint density at radius 1 is 1.42 bits per heavy atom. The van der Waals surface area contributed by atoms with E-state index in [0.29, 0.717) is 12.3 Å². The smallest absolute Gasteiger partial charge is 0.123 e. The van der Waals surface area contributed by atoms with E-state index in [1.54, 1.807) is 6.20 Å². The molecule has 0 aliphatic heterocycles. The van der Waals surface area contributed by atoms with E-state index in [-0.39, 0.29) is 6.04 Å². The molecule has 0 spiro atoms. The number of nitrogen functional groups attached to an aromatic ring is 1. The van der Waals surface area contributed by atoms with Crippen LogP contribution in [0.3, 0.4) is 0 Å². The van der Waals surface area contributed by atoms with Gasteiger partial charge in [-0.05, 0) is 19.4 Å². The van der Waals surface area contributed by atoms with E-state index >= 15 is 0 Å². The highest BCUT2D eigenvalue weighted by atomic mass is 16.5. The zero-order valence-corrected chi connectivity index (χ0v) is 11.3. The summed E-state index contributed by atoms with van der Waals surface area (Å²) in [6.07, 6.45) is 4.65. The third-order valence-electron chi connectivity index (χ3n) is 2.80. The monoisotopic (exact) mass is 260 g/mol. The van der Waals surface area contributed by atoms with Crippen molar-refractivity contribution in [2.75, 3.05) is 17.7 Å². The molecule has 1 unspecified atom stereocenters. The molecular weight excluding hydrogens is 240 g/mol. The Labute approximate surface area is 113 Å². The van der Waals surface area contributed by atoms with E-state index in [1.807, 2.05) is 24.4 Å². The number of anilines is 2. The fourth-order valence-electron chi connectivity index (χ4n) is 1.84. The molecule has 0 fully saturated rings. The predicted molar refractivity (Wildman–Crippen MR) is 77.3 cm³/mol. The van der Waals surface area contributed by atoms with Gasteiger partial charge in [0.2, 0.25) is 0 Å². The van der Waals surface area contributed by atoms with Gasteiger partial charge in [0, 0.05) is 35.3 Å². The normalized spacial score (nSPS) is 12.1. The number of H-pyrrole nitrogens is 1. The van der Waals surface area contributed by atoms with Crippen LogP contribution in [0.2, 0.25) is 0 Å². The second-order valence-corrected chi connectivity index (χ2v) is 4.54. The van der Waals surface area contributed by atoms with Gasteiger partial charge in [-0.25, -0.2) is 0 Å². The first-order valence-electron chi connectivity index (χ1n) is 6.47. The van der Waals surface area contributed by atoms with Crippen molar-refractivity contribution in [1.82, 2.24) is 10.2 Å². The minimum atomic E-state index is 0.152. The molecule has 0 bridgehead atoms. The van der Waals surface area contributed by atoms with Crippen molar-refractivity contribution < 1.29 is 4.74 Å². The van der Waals surface area contributed by atoms with Gasteiger partial charge in [-0.2, -0.15) is 5.10 Å². The lowest BCUT2D eigenvalue weighted by Crippen LogP contribution is -2.06. The first-order valence-corrected chi connectivity index (χ1v) is 6.47. The van der Waals surface area contributed by atoms with Crippen molar-refractivity contribution in [3.63, 3.8) is 0 Å². The van der Waals surface area contributed by atoms with Gasteiger partial charge in [0.05, 0.1) is 18.8 Å². The van der Waals surface area contributed by atoms with Crippen molar-refractivity contribution in [2.24, 2.45) is 0 Å². The van der Waals surface area contributed by atoms with Crippen LogP contribution in [0.25, 0.3) is 0 Å². The first-order chi connectivity index (χ1) is 9.19. The second-order valence-electron chi connectivity index (χ2n) is 4.54. The lowest BCUT2D eigenvalue weighted by atomic mass is 10.1. The average molecular weight is 260 g/mol. The number of nitrogens with zero attached hydrogens (tertiary/aromatic N) is 1. The molecule has 0 saturated heterocycles. The molecule has 0 aliphatic carbocycles. The van der Waals surface area contributed by atoms with Gasteiger partial charge in [-0.1, -0.05) is 6.92 Å². The Balaban J connectivity index is 2.09. The molecule has 19 heavy (non-hydrogen) atoms. The number of aromatic amines is 1. The molecule has 0 saturated carbocycles. The predicted octanol–water partition coefficient (Wildman–Crippen LogP) is 2.95. The van der Waals surface area contributed by atoms with Crippen LogP contribution in [-0.2, 0) is 0 Å². The van der Waals surface area contributed by atoms with Crippen LogP contribution in [0, 0.1) is 0 Å². The summed E-state index contributed by atoms with van der Waals surface area (Å²) < 4.78 is 5.61. The Kier molecular flexibility index (Phi) is 4.28. The van der Waals surface area contributed by atoms with E-state index in [2.05, 4.69) is 29.4 Å². The summed E-state index contributed by atoms with van der Waals surface area (Å²) in [4.78, 5) is 0. The van der Waals surface area contributed by atoms with Gasteiger partial charge < -0.3 is 15.8 Å². The summed E-state index contributed by atoms with van der Waals surface area (Å²) in [5.41, 5.74) is 8.62.